The molecule has 2 aromatic carbocycles. The van der Waals surface area contributed by atoms with Gasteiger partial charge in [-0.2, -0.15) is 5.10 Å². The smallest absolute Gasteiger partial charge is 0.261 e. The van der Waals surface area contributed by atoms with Crippen LogP contribution in [0.2, 0.25) is 0 Å². The zero-order chi connectivity index (χ0) is 19.7. The Balaban J connectivity index is 1.60. The molecule has 0 fully saturated rings. The monoisotopic (exact) mass is 392 g/mol. The van der Waals surface area contributed by atoms with E-state index in [9.17, 15) is 4.79 Å². The Bertz CT molecular complexity index is 1150. The van der Waals surface area contributed by atoms with Crippen molar-refractivity contribution in [2.45, 2.75) is 20.4 Å². The number of benzene rings is 2. The number of thiazole rings is 1. The third-order valence-corrected chi connectivity index (χ3v) is 5.54. The van der Waals surface area contributed by atoms with E-state index in [4.69, 9.17) is 4.74 Å². The first-order valence-electron chi connectivity index (χ1n) is 8.89. The summed E-state index contributed by atoms with van der Waals surface area (Å²) in [5, 5.41) is 8.02. The highest BCUT2D eigenvalue weighted by Crippen LogP contribution is 2.32. The highest BCUT2D eigenvalue weighted by molar-refractivity contribution is 7.22. The number of aromatic nitrogens is 3. The molecular weight excluding hydrogens is 372 g/mol. The van der Waals surface area contributed by atoms with E-state index < -0.39 is 0 Å². The lowest BCUT2D eigenvalue weighted by atomic mass is 10.2. The summed E-state index contributed by atoms with van der Waals surface area (Å²) in [5.41, 5.74) is 4.00. The summed E-state index contributed by atoms with van der Waals surface area (Å²) in [7, 11) is 1.61. The molecule has 0 bridgehead atoms. The Kier molecular flexibility index (Phi) is 4.83. The fourth-order valence-corrected chi connectivity index (χ4v) is 4.12. The number of rotatable bonds is 5. The van der Waals surface area contributed by atoms with Crippen molar-refractivity contribution in [1.82, 2.24) is 14.8 Å². The maximum Gasteiger partial charge on any atom is 0.261 e. The van der Waals surface area contributed by atoms with Gasteiger partial charge in [-0.15, -0.1) is 0 Å². The maximum absolute atomic E-state index is 12.9. The minimum absolute atomic E-state index is 0.202. The van der Waals surface area contributed by atoms with Crippen molar-refractivity contribution in [3.63, 3.8) is 0 Å². The second kappa shape index (κ2) is 7.44. The summed E-state index contributed by atoms with van der Waals surface area (Å²) < 4.78 is 8.17. The Morgan fingerprint density at radius 1 is 1.14 bits per heavy atom. The highest BCUT2D eigenvalue weighted by atomic mass is 32.1. The summed E-state index contributed by atoms with van der Waals surface area (Å²) in [5.74, 6) is 0.490. The number of carbonyl (C=O) groups is 1. The van der Waals surface area contributed by atoms with Crippen molar-refractivity contribution >= 4 is 32.6 Å². The highest BCUT2D eigenvalue weighted by Gasteiger charge is 2.20. The molecule has 7 heteroatoms. The summed E-state index contributed by atoms with van der Waals surface area (Å²) in [6.07, 6.45) is 0. The van der Waals surface area contributed by atoms with Crippen molar-refractivity contribution in [3.05, 3.63) is 71.0 Å². The molecule has 0 atom stereocenters. The van der Waals surface area contributed by atoms with Crippen molar-refractivity contribution in [1.29, 1.82) is 0 Å². The quantitative estimate of drug-likeness (QED) is 0.546. The largest absolute Gasteiger partial charge is 0.494 e. The summed E-state index contributed by atoms with van der Waals surface area (Å²) in [6.45, 7) is 4.39. The number of fused-ring (bicyclic) bond motifs is 1. The molecule has 1 N–H and O–H groups in total. The van der Waals surface area contributed by atoms with Crippen molar-refractivity contribution in [3.8, 4) is 5.75 Å². The molecule has 0 unspecified atom stereocenters. The first-order chi connectivity index (χ1) is 13.6. The van der Waals surface area contributed by atoms with Gasteiger partial charge in [-0.1, -0.05) is 47.7 Å². The van der Waals surface area contributed by atoms with E-state index in [1.807, 2.05) is 67.1 Å². The molecule has 2 heterocycles. The number of hydrogen-bond acceptors (Lipinski definition) is 5. The number of ether oxygens (including phenoxy) is 1. The lowest BCUT2D eigenvalue weighted by Crippen LogP contribution is -2.14. The number of anilines is 1. The predicted octanol–water partition coefficient (Wildman–Crippen LogP) is 4.42. The van der Waals surface area contributed by atoms with Crippen LogP contribution in [0, 0.1) is 13.8 Å². The number of para-hydroxylation sites is 1. The van der Waals surface area contributed by atoms with Gasteiger partial charge < -0.3 is 4.74 Å². The van der Waals surface area contributed by atoms with Crippen LogP contribution in [0.5, 0.6) is 5.75 Å². The molecule has 28 heavy (non-hydrogen) atoms. The second-order valence-corrected chi connectivity index (χ2v) is 7.50. The Labute approximate surface area is 166 Å². The summed E-state index contributed by atoms with van der Waals surface area (Å²) in [4.78, 5) is 17.4. The van der Waals surface area contributed by atoms with Crippen LogP contribution in [0.25, 0.3) is 10.2 Å². The van der Waals surface area contributed by atoms with Gasteiger partial charge in [0.15, 0.2) is 5.13 Å². The number of nitrogens with one attached hydrogen (secondary N) is 1. The second-order valence-electron chi connectivity index (χ2n) is 6.47. The number of carbonyl (C=O) groups excluding carboxylic acids is 1. The number of aryl methyl sites for hydroxylation is 1. The third-order valence-electron chi connectivity index (χ3n) is 4.61. The van der Waals surface area contributed by atoms with Crippen molar-refractivity contribution < 1.29 is 9.53 Å². The van der Waals surface area contributed by atoms with E-state index >= 15 is 0 Å². The van der Waals surface area contributed by atoms with E-state index in [1.54, 1.807) is 7.11 Å². The lowest BCUT2D eigenvalue weighted by molar-refractivity contribution is 0.102. The number of nitrogens with zero attached hydrogens (tertiary/aromatic N) is 3. The van der Waals surface area contributed by atoms with Gasteiger partial charge in [0.2, 0.25) is 0 Å². The zero-order valence-corrected chi connectivity index (χ0v) is 16.7. The maximum atomic E-state index is 12.9. The van der Waals surface area contributed by atoms with Crippen LogP contribution in [0.4, 0.5) is 5.13 Å². The van der Waals surface area contributed by atoms with E-state index in [1.165, 1.54) is 11.3 Å². The number of methoxy groups -OCH3 is 1. The summed E-state index contributed by atoms with van der Waals surface area (Å²) >= 11 is 1.42. The molecule has 0 aliphatic carbocycles. The van der Waals surface area contributed by atoms with Gasteiger partial charge in [-0.25, -0.2) is 4.98 Å². The topological polar surface area (TPSA) is 69.0 Å². The molecule has 0 radical (unpaired) electrons. The van der Waals surface area contributed by atoms with Gasteiger partial charge in [0.05, 0.1) is 29.6 Å². The van der Waals surface area contributed by atoms with Crippen LogP contribution in [0.1, 0.15) is 27.3 Å². The first-order valence-corrected chi connectivity index (χ1v) is 9.71. The number of hydrogen-bond donors (Lipinski definition) is 1. The minimum atomic E-state index is -0.202. The lowest BCUT2D eigenvalue weighted by Gasteiger charge is -2.05. The molecule has 0 saturated carbocycles. The fraction of sp³-hybridized carbons (Fsp3) is 0.190. The average Bonchev–Trinajstić information content (AvgIpc) is 3.22. The van der Waals surface area contributed by atoms with Crippen LogP contribution >= 0.6 is 11.3 Å². The fourth-order valence-electron chi connectivity index (χ4n) is 3.24. The van der Waals surface area contributed by atoms with E-state index in [0.717, 1.165) is 21.5 Å². The van der Waals surface area contributed by atoms with Gasteiger partial charge in [-0.3, -0.25) is 14.8 Å². The van der Waals surface area contributed by atoms with Gasteiger partial charge in [0.25, 0.3) is 5.91 Å². The van der Waals surface area contributed by atoms with Gasteiger partial charge in [-0.05, 0) is 31.5 Å². The molecule has 0 saturated heterocycles. The first kappa shape index (κ1) is 18.2. The third kappa shape index (κ3) is 3.36. The zero-order valence-electron chi connectivity index (χ0n) is 15.9. The Morgan fingerprint density at radius 2 is 1.93 bits per heavy atom. The van der Waals surface area contributed by atoms with Crippen LogP contribution in [-0.2, 0) is 6.54 Å². The summed E-state index contributed by atoms with van der Waals surface area (Å²) in [6, 6.07) is 15.8. The molecule has 142 valence electrons. The normalized spacial score (nSPS) is 11.0. The minimum Gasteiger partial charge on any atom is -0.494 e. The number of amides is 1. The molecule has 6 nitrogen and oxygen atoms in total. The van der Waals surface area contributed by atoms with Crippen LogP contribution in [0.15, 0.2) is 48.5 Å². The SMILES string of the molecule is COc1cccc2sc(NC(=O)c3c(C)nn(Cc4ccccc4)c3C)nc12. The average molecular weight is 392 g/mol. The predicted molar refractivity (Wildman–Crippen MR) is 111 cm³/mol. The molecular formula is C21H20N4O2S. The molecule has 4 rings (SSSR count). The standard InChI is InChI=1S/C21H20N4O2S/c1-13-18(14(2)25(24-13)12-15-8-5-4-6-9-15)20(26)23-21-22-19-16(27-3)10-7-11-17(19)28-21/h4-11H,12H2,1-3H3,(H,22,23,26). The van der Waals surface area contributed by atoms with E-state index in [0.29, 0.717) is 28.7 Å². The van der Waals surface area contributed by atoms with Crippen LogP contribution in [-0.4, -0.2) is 27.8 Å². The van der Waals surface area contributed by atoms with Crippen LogP contribution < -0.4 is 10.1 Å². The molecule has 4 aromatic rings. The van der Waals surface area contributed by atoms with E-state index in [2.05, 4.69) is 15.4 Å². The van der Waals surface area contributed by atoms with Crippen molar-refractivity contribution in [2.24, 2.45) is 0 Å². The molecule has 0 spiro atoms. The van der Waals surface area contributed by atoms with E-state index in [-0.39, 0.29) is 5.91 Å². The molecule has 1 amide bonds. The van der Waals surface area contributed by atoms with Gasteiger partial charge in [0, 0.05) is 5.69 Å². The Hall–Kier alpha value is -3.19. The molecule has 0 aliphatic heterocycles. The van der Waals surface area contributed by atoms with Gasteiger partial charge in [0.1, 0.15) is 11.3 Å². The Morgan fingerprint density at radius 3 is 2.68 bits per heavy atom. The van der Waals surface area contributed by atoms with Crippen molar-refractivity contribution in [2.75, 3.05) is 12.4 Å². The molecule has 0 aliphatic rings. The molecule has 2 aromatic heterocycles. The van der Waals surface area contributed by atoms with Gasteiger partial charge >= 0.3 is 0 Å². The van der Waals surface area contributed by atoms with Crippen LogP contribution in [0.3, 0.4) is 0 Å².